The largest absolute Gasteiger partial charge is 0.486 e. The Morgan fingerprint density at radius 1 is 1.08 bits per heavy atom. The minimum atomic E-state index is -3.63. The van der Waals surface area contributed by atoms with E-state index in [1.807, 2.05) is 24.3 Å². The summed E-state index contributed by atoms with van der Waals surface area (Å²) in [6.45, 7) is 0.851. The van der Waals surface area contributed by atoms with E-state index in [4.69, 9.17) is 9.47 Å². The Kier molecular flexibility index (Phi) is 4.26. The van der Waals surface area contributed by atoms with Crippen molar-refractivity contribution in [1.29, 1.82) is 0 Å². The van der Waals surface area contributed by atoms with E-state index in [0.29, 0.717) is 24.6 Å². The van der Waals surface area contributed by atoms with Crippen molar-refractivity contribution in [3.63, 3.8) is 0 Å². The third kappa shape index (κ3) is 3.50. The van der Waals surface area contributed by atoms with Crippen molar-refractivity contribution in [3.8, 4) is 11.5 Å². The molecule has 0 radical (unpaired) electrons. The van der Waals surface area contributed by atoms with Gasteiger partial charge in [-0.05, 0) is 24.3 Å². The molecule has 134 valence electrons. The molecule has 0 saturated heterocycles. The van der Waals surface area contributed by atoms with Crippen LogP contribution in [0.15, 0.2) is 71.9 Å². The van der Waals surface area contributed by atoms with Crippen LogP contribution in [0.2, 0.25) is 0 Å². The summed E-state index contributed by atoms with van der Waals surface area (Å²) in [5.41, 5.74) is 0.394. The molecule has 1 N–H and O–H groups in total. The van der Waals surface area contributed by atoms with Crippen LogP contribution in [0.1, 0.15) is 0 Å². The number of ether oxygens (including phenoxy) is 2. The van der Waals surface area contributed by atoms with E-state index in [-0.39, 0.29) is 11.0 Å². The van der Waals surface area contributed by atoms with Gasteiger partial charge in [-0.25, -0.2) is 8.42 Å². The summed E-state index contributed by atoms with van der Waals surface area (Å²) in [5, 5.41) is 4.20. The molecule has 1 aliphatic heterocycles. The van der Waals surface area contributed by atoms with Crippen molar-refractivity contribution in [2.75, 3.05) is 11.3 Å². The molecule has 2 heterocycles. The average molecular weight is 371 g/mol. The predicted octanol–water partition coefficient (Wildman–Crippen LogP) is 2.52. The molecule has 0 spiro atoms. The molecule has 1 unspecified atom stereocenters. The zero-order valence-electron chi connectivity index (χ0n) is 13.8. The van der Waals surface area contributed by atoms with Crippen LogP contribution in [0, 0.1) is 0 Å². The molecule has 4 rings (SSSR count). The maximum Gasteiger partial charge on any atom is 0.261 e. The molecule has 8 heteroatoms. The number of hydrogen-bond donors (Lipinski definition) is 1. The number of nitrogens with one attached hydrogen (secondary N) is 1. The lowest BCUT2D eigenvalue weighted by atomic mass is 10.2. The summed E-state index contributed by atoms with van der Waals surface area (Å²) in [4.78, 5) is 0.202. The zero-order chi connectivity index (χ0) is 18.0. The highest BCUT2D eigenvalue weighted by Gasteiger charge is 2.22. The normalized spacial score (nSPS) is 16.2. The zero-order valence-corrected chi connectivity index (χ0v) is 14.6. The van der Waals surface area contributed by atoms with E-state index in [0.717, 1.165) is 5.75 Å². The molecule has 7 nitrogen and oxygen atoms in total. The lowest BCUT2D eigenvalue weighted by molar-refractivity contribution is 0.0759. The monoisotopic (exact) mass is 371 g/mol. The standard InChI is InChI=1S/C18H17N3O4S/c22-26(23,16-6-2-1-3-7-16)20-14-10-19-21(11-14)12-15-13-24-17-8-4-5-9-18(17)25-15/h1-11,15,20H,12-13H2. The number of anilines is 1. The maximum absolute atomic E-state index is 12.3. The van der Waals surface area contributed by atoms with Gasteiger partial charge in [0.15, 0.2) is 17.6 Å². The molecule has 26 heavy (non-hydrogen) atoms. The third-order valence-electron chi connectivity index (χ3n) is 3.90. The van der Waals surface area contributed by atoms with E-state index >= 15 is 0 Å². The Morgan fingerprint density at radius 2 is 1.81 bits per heavy atom. The summed E-state index contributed by atoms with van der Waals surface area (Å²) >= 11 is 0. The number of nitrogens with zero attached hydrogens (tertiary/aromatic N) is 2. The number of sulfonamides is 1. The number of aromatic nitrogens is 2. The lowest BCUT2D eigenvalue weighted by Crippen LogP contribution is -2.33. The van der Waals surface area contributed by atoms with E-state index in [9.17, 15) is 8.42 Å². The van der Waals surface area contributed by atoms with Gasteiger partial charge < -0.3 is 9.47 Å². The van der Waals surface area contributed by atoms with Gasteiger partial charge in [0, 0.05) is 6.20 Å². The van der Waals surface area contributed by atoms with E-state index < -0.39 is 10.0 Å². The fourth-order valence-electron chi connectivity index (χ4n) is 2.69. The summed E-state index contributed by atoms with van der Waals surface area (Å²) in [5.74, 6) is 1.42. The highest BCUT2D eigenvalue weighted by atomic mass is 32.2. The number of para-hydroxylation sites is 2. The van der Waals surface area contributed by atoms with Gasteiger partial charge >= 0.3 is 0 Å². The van der Waals surface area contributed by atoms with Gasteiger partial charge in [-0.1, -0.05) is 30.3 Å². The van der Waals surface area contributed by atoms with Crippen molar-refractivity contribution < 1.29 is 17.9 Å². The first-order valence-corrected chi connectivity index (χ1v) is 9.57. The maximum atomic E-state index is 12.3. The molecule has 1 aromatic heterocycles. The Balaban J connectivity index is 1.43. The summed E-state index contributed by atoms with van der Waals surface area (Å²) in [7, 11) is -3.63. The first-order valence-electron chi connectivity index (χ1n) is 8.09. The number of fused-ring (bicyclic) bond motifs is 1. The van der Waals surface area contributed by atoms with Crippen LogP contribution in [-0.4, -0.2) is 30.9 Å². The first-order chi connectivity index (χ1) is 12.6. The van der Waals surface area contributed by atoms with Gasteiger partial charge in [-0.2, -0.15) is 5.10 Å². The van der Waals surface area contributed by atoms with E-state index in [2.05, 4.69) is 9.82 Å². The van der Waals surface area contributed by atoms with E-state index in [1.165, 1.54) is 18.3 Å². The van der Waals surface area contributed by atoms with Crippen LogP contribution in [0.25, 0.3) is 0 Å². The predicted molar refractivity (Wildman–Crippen MR) is 95.8 cm³/mol. The van der Waals surface area contributed by atoms with Crippen LogP contribution in [-0.2, 0) is 16.6 Å². The molecule has 0 bridgehead atoms. The Hall–Kier alpha value is -3.00. The van der Waals surface area contributed by atoms with Crippen molar-refractivity contribution in [2.45, 2.75) is 17.5 Å². The summed E-state index contributed by atoms with van der Waals surface area (Å²) < 4.78 is 40.4. The highest BCUT2D eigenvalue weighted by molar-refractivity contribution is 7.92. The second-order valence-corrected chi connectivity index (χ2v) is 7.55. The Bertz CT molecular complexity index is 1000. The van der Waals surface area contributed by atoms with Gasteiger partial charge in [0.2, 0.25) is 0 Å². The van der Waals surface area contributed by atoms with Crippen molar-refractivity contribution in [2.24, 2.45) is 0 Å². The molecular formula is C18H17N3O4S. The highest BCUT2D eigenvalue weighted by Crippen LogP contribution is 2.31. The Labute approximate surface area is 151 Å². The van der Waals surface area contributed by atoms with Crippen LogP contribution in [0.3, 0.4) is 0 Å². The quantitative estimate of drug-likeness (QED) is 0.745. The molecule has 0 aliphatic carbocycles. The molecule has 3 aromatic rings. The van der Waals surface area contributed by atoms with Gasteiger partial charge in [0.25, 0.3) is 10.0 Å². The molecule has 1 aliphatic rings. The van der Waals surface area contributed by atoms with Crippen LogP contribution in [0.4, 0.5) is 5.69 Å². The fourth-order valence-corrected chi connectivity index (χ4v) is 3.74. The number of benzene rings is 2. The average Bonchev–Trinajstić information content (AvgIpc) is 3.08. The van der Waals surface area contributed by atoms with Gasteiger partial charge in [-0.15, -0.1) is 0 Å². The van der Waals surface area contributed by atoms with Crippen molar-refractivity contribution in [1.82, 2.24) is 9.78 Å². The van der Waals surface area contributed by atoms with Gasteiger partial charge in [0.05, 0.1) is 23.3 Å². The number of rotatable bonds is 5. The molecule has 2 aromatic carbocycles. The van der Waals surface area contributed by atoms with E-state index in [1.54, 1.807) is 29.1 Å². The smallest absolute Gasteiger partial charge is 0.261 e. The summed E-state index contributed by atoms with van der Waals surface area (Å²) in [6.07, 6.45) is 2.89. The summed E-state index contributed by atoms with van der Waals surface area (Å²) in [6, 6.07) is 15.7. The SMILES string of the molecule is O=S(=O)(Nc1cnn(CC2COc3ccccc3O2)c1)c1ccccc1. The van der Waals surface area contributed by atoms with Crippen molar-refractivity contribution in [3.05, 3.63) is 67.0 Å². The topological polar surface area (TPSA) is 82.5 Å². The second kappa shape index (κ2) is 6.72. The van der Waals surface area contributed by atoms with Crippen LogP contribution < -0.4 is 14.2 Å². The van der Waals surface area contributed by atoms with Crippen LogP contribution >= 0.6 is 0 Å². The molecule has 0 amide bonds. The minimum Gasteiger partial charge on any atom is -0.486 e. The molecular weight excluding hydrogens is 354 g/mol. The second-order valence-electron chi connectivity index (χ2n) is 5.87. The molecule has 1 atom stereocenters. The fraction of sp³-hybridized carbons (Fsp3) is 0.167. The molecule has 0 saturated carbocycles. The van der Waals surface area contributed by atoms with Crippen LogP contribution in [0.5, 0.6) is 11.5 Å². The van der Waals surface area contributed by atoms with Crippen molar-refractivity contribution >= 4 is 15.7 Å². The van der Waals surface area contributed by atoms with Gasteiger partial charge in [0.1, 0.15) is 6.61 Å². The molecule has 0 fully saturated rings. The van der Waals surface area contributed by atoms with Gasteiger partial charge in [-0.3, -0.25) is 9.40 Å². The minimum absolute atomic E-state index is 0.202. The Morgan fingerprint density at radius 3 is 2.62 bits per heavy atom. The third-order valence-corrected chi connectivity index (χ3v) is 5.29. The first kappa shape index (κ1) is 16.5. The lowest BCUT2D eigenvalue weighted by Gasteiger charge is -2.26. The number of hydrogen-bond acceptors (Lipinski definition) is 5.